The van der Waals surface area contributed by atoms with Gasteiger partial charge in [0.05, 0.1) is 12.0 Å². The summed E-state index contributed by atoms with van der Waals surface area (Å²) >= 11 is 0. The van der Waals surface area contributed by atoms with Crippen molar-refractivity contribution in [2.45, 2.75) is 29.9 Å². The van der Waals surface area contributed by atoms with Crippen molar-refractivity contribution in [3.8, 4) is 5.75 Å². The van der Waals surface area contributed by atoms with E-state index in [1.54, 1.807) is 21.9 Å². The molecule has 2 aliphatic rings. The van der Waals surface area contributed by atoms with Gasteiger partial charge in [0.25, 0.3) is 0 Å². The number of likely N-dealkylation sites (tertiary alicyclic amines) is 2. The Bertz CT molecular complexity index is 776. The molecule has 0 N–H and O–H groups in total. The van der Waals surface area contributed by atoms with Crippen LogP contribution in [0.5, 0.6) is 5.75 Å². The van der Waals surface area contributed by atoms with Crippen molar-refractivity contribution in [3.63, 3.8) is 0 Å². The molecule has 26 heavy (non-hydrogen) atoms. The molecule has 0 atom stereocenters. The van der Waals surface area contributed by atoms with Crippen LogP contribution in [0.15, 0.2) is 29.2 Å². The molecule has 3 rings (SSSR count). The summed E-state index contributed by atoms with van der Waals surface area (Å²) in [6.07, 6.45) is 1.29. The SMILES string of the molecule is COc1ccc(S(=O)(=O)C2CN(C(=O)C3CCN(C(C)=O)CC3)C2)cc1. The van der Waals surface area contributed by atoms with Gasteiger partial charge in [-0.1, -0.05) is 0 Å². The topological polar surface area (TPSA) is 84.0 Å². The van der Waals surface area contributed by atoms with Gasteiger partial charge in [-0.3, -0.25) is 9.59 Å². The van der Waals surface area contributed by atoms with Crippen LogP contribution >= 0.6 is 0 Å². The first-order valence-corrected chi connectivity index (χ1v) is 10.3. The largest absolute Gasteiger partial charge is 0.497 e. The number of carbonyl (C=O) groups excluding carboxylic acids is 2. The van der Waals surface area contributed by atoms with E-state index in [1.807, 2.05) is 0 Å². The maximum Gasteiger partial charge on any atom is 0.225 e. The van der Waals surface area contributed by atoms with Gasteiger partial charge in [-0.25, -0.2) is 8.42 Å². The molecule has 0 spiro atoms. The molecule has 1 aromatic rings. The van der Waals surface area contributed by atoms with Crippen molar-refractivity contribution < 1.29 is 22.7 Å². The number of hydrogen-bond acceptors (Lipinski definition) is 5. The van der Waals surface area contributed by atoms with Crippen LogP contribution in [-0.4, -0.2) is 68.6 Å². The third-order valence-electron chi connectivity index (χ3n) is 5.28. The van der Waals surface area contributed by atoms with E-state index < -0.39 is 15.1 Å². The van der Waals surface area contributed by atoms with Crippen LogP contribution in [0.1, 0.15) is 19.8 Å². The highest BCUT2D eigenvalue weighted by molar-refractivity contribution is 7.92. The Kier molecular flexibility index (Phi) is 5.22. The lowest BCUT2D eigenvalue weighted by Crippen LogP contribution is -2.59. The van der Waals surface area contributed by atoms with Crippen LogP contribution in [0.2, 0.25) is 0 Å². The second-order valence-corrected chi connectivity index (χ2v) is 9.09. The van der Waals surface area contributed by atoms with E-state index in [-0.39, 0.29) is 35.7 Å². The Balaban J connectivity index is 1.56. The van der Waals surface area contributed by atoms with Gasteiger partial charge in [0.2, 0.25) is 11.8 Å². The fourth-order valence-corrected chi connectivity index (χ4v) is 5.12. The molecule has 0 radical (unpaired) electrons. The van der Waals surface area contributed by atoms with E-state index >= 15 is 0 Å². The van der Waals surface area contributed by atoms with Crippen molar-refractivity contribution in [3.05, 3.63) is 24.3 Å². The third-order valence-corrected chi connectivity index (χ3v) is 7.38. The van der Waals surface area contributed by atoms with Crippen molar-refractivity contribution in [2.24, 2.45) is 5.92 Å². The predicted octanol–water partition coefficient (Wildman–Crippen LogP) is 0.938. The minimum atomic E-state index is -3.45. The van der Waals surface area contributed by atoms with Crippen molar-refractivity contribution in [1.82, 2.24) is 9.80 Å². The van der Waals surface area contributed by atoms with Gasteiger partial charge in [-0.05, 0) is 37.1 Å². The highest BCUT2D eigenvalue weighted by Crippen LogP contribution is 2.28. The molecule has 7 nitrogen and oxygen atoms in total. The molecule has 8 heteroatoms. The average Bonchev–Trinajstić information content (AvgIpc) is 2.60. The molecule has 0 aromatic heterocycles. The first-order chi connectivity index (χ1) is 12.3. The number of benzene rings is 1. The fourth-order valence-electron chi connectivity index (χ4n) is 3.47. The summed E-state index contributed by atoms with van der Waals surface area (Å²) in [4.78, 5) is 27.5. The number of methoxy groups -OCH3 is 1. The highest BCUT2D eigenvalue weighted by Gasteiger charge is 2.42. The second kappa shape index (κ2) is 7.26. The minimum absolute atomic E-state index is 0.00869. The van der Waals surface area contributed by atoms with Gasteiger partial charge >= 0.3 is 0 Å². The Morgan fingerprint density at radius 2 is 1.62 bits per heavy atom. The standard InChI is InChI=1S/C18H24N2O5S/c1-13(21)19-9-7-14(8-10-19)18(22)20-11-17(12-20)26(23,24)16-5-3-15(25-2)4-6-16/h3-6,14,17H,7-12H2,1-2H3. The van der Waals surface area contributed by atoms with Gasteiger partial charge in [0.1, 0.15) is 11.0 Å². The van der Waals surface area contributed by atoms with Gasteiger partial charge in [0.15, 0.2) is 9.84 Å². The summed E-state index contributed by atoms with van der Waals surface area (Å²) in [5.41, 5.74) is 0. The van der Waals surface area contributed by atoms with E-state index in [1.165, 1.54) is 26.2 Å². The lowest BCUT2D eigenvalue weighted by Gasteiger charge is -2.42. The molecule has 1 aromatic carbocycles. The minimum Gasteiger partial charge on any atom is -0.497 e. The maximum atomic E-state index is 12.7. The monoisotopic (exact) mass is 380 g/mol. The Hall–Kier alpha value is -2.09. The molecule has 2 heterocycles. The lowest BCUT2D eigenvalue weighted by molar-refractivity contribution is -0.142. The maximum absolute atomic E-state index is 12.7. The number of carbonyl (C=O) groups is 2. The zero-order chi connectivity index (χ0) is 18.9. The molecule has 0 saturated carbocycles. The first-order valence-electron chi connectivity index (χ1n) is 8.75. The van der Waals surface area contributed by atoms with Crippen LogP contribution in [-0.2, 0) is 19.4 Å². The molecule has 2 saturated heterocycles. The molecule has 2 fully saturated rings. The molecular weight excluding hydrogens is 356 g/mol. The summed E-state index contributed by atoms with van der Waals surface area (Å²) in [5.74, 6) is 0.529. The van der Waals surface area contributed by atoms with Crippen LogP contribution in [0, 0.1) is 5.92 Å². The lowest BCUT2D eigenvalue weighted by atomic mass is 9.94. The normalized spacial score (nSPS) is 19.2. The van der Waals surface area contributed by atoms with Gasteiger partial charge < -0.3 is 14.5 Å². The number of amides is 2. The number of sulfone groups is 1. The smallest absolute Gasteiger partial charge is 0.225 e. The number of rotatable bonds is 4. The molecular formula is C18H24N2O5S. The van der Waals surface area contributed by atoms with Gasteiger partial charge in [-0.15, -0.1) is 0 Å². The van der Waals surface area contributed by atoms with Gasteiger partial charge in [0, 0.05) is 39.0 Å². The summed E-state index contributed by atoms with van der Waals surface area (Å²) in [7, 11) is -1.92. The molecule has 2 aliphatic heterocycles. The Morgan fingerprint density at radius 1 is 1.04 bits per heavy atom. The van der Waals surface area contributed by atoms with Crippen LogP contribution in [0.25, 0.3) is 0 Å². The predicted molar refractivity (Wildman–Crippen MR) is 95.5 cm³/mol. The van der Waals surface area contributed by atoms with Crippen LogP contribution in [0.3, 0.4) is 0 Å². The van der Waals surface area contributed by atoms with Crippen molar-refractivity contribution in [2.75, 3.05) is 33.3 Å². The van der Waals surface area contributed by atoms with Crippen molar-refractivity contribution in [1.29, 1.82) is 0 Å². The first kappa shape index (κ1) is 18.7. The van der Waals surface area contributed by atoms with Crippen LogP contribution in [0.4, 0.5) is 0 Å². The Morgan fingerprint density at radius 3 is 2.12 bits per heavy atom. The number of ether oxygens (including phenoxy) is 1. The summed E-state index contributed by atoms with van der Waals surface area (Å²) in [6, 6.07) is 6.32. The number of nitrogens with zero attached hydrogens (tertiary/aromatic N) is 2. The van der Waals surface area contributed by atoms with Crippen molar-refractivity contribution >= 4 is 21.7 Å². The van der Waals surface area contributed by atoms with Gasteiger partial charge in [-0.2, -0.15) is 0 Å². The number of hydrogen-bond donors (Lipinski definition) is 0. The molecule has 142 valence electrons. The fraction of sp³-hybridized carbons (Fsp3) is 0.556. The van der Waals surface area contributed by atoms with E-state index in [2.05, 4.69) is 0 Å². The highest BCUT2D eigenvalue weighted by atomic mass is 32.2. The number of piperidine rings is 1. The molecule has 0 aliphatic carbocycles. The van der Waals surface area contributed by atoms with E-state index in [9.17, 15) is 18.0 Å². The summed E-state index contributed by atoms with van der Waals surface area (Å²) < 4.78 is 30.4. The van der Waals surface area contributed by atoms with E-state index in [0.717, 1.165) is 0 Å². The Labute approximate surface area is 153 Å². The zero-order valence-corrected chi connectivity index (χ0v) is 15.9. The molecule has 2 amide bonds. The average molecular weight is 380 g/mol. The zero-order valence-electron chi connectivity index (χ0n) is 15.1. The summed E-state index contributed by atoms with van der Waals surface area (Å²) in [5, 5.41) is -0.558. The molecule has 0 unspecified atom stereocenters. The second-order valence-electron chi connectivity index (χ2n) is 6.87. The summed E-state index contributed by atoms with van der Waals surface area (Å²) in [6.45, 7) is 3.19. The third kappa shape index (κ3) is 3.56. The molecule has 0 bridgehead atoms. The van der Waals surface area contributed by atoms with E-state index in [0.29, 0.717) is 31.7 Å². The van der Waals surface area contributed by atoms with Crippen LogP contribution < -0.4 is 4.74 Å². The quantitative estimate of drug-likeness (QED) is 0.776. The van der Waals surface area contributed by atoms with E-state index in [4.69, 9.17) is 4.74 Å².